The summed E-state index contributed by atoms with van der Waals surface area (Å²) in [5.74, 6) is -0.972. The van der Waals surface area contributed by atoms with Crippen molar-refractivity contribution in [1.82, 2.24) is 14.1 Å². The lowest BCUT2D eigenvalue weighted by Crippen LogP contribution is -2.43. The molecule has 0 unspecified atom stereocenters. The van der Waals surface area contributed by atoms with Crippen molar-refractivity contribution in [2.75, 3.05) is 32.4 Å². The monoisotopic (exact) mass is 433 g/mol. The van der Waals surface area contributed by atoms with Gasteiger partial charge in [-0.15, -0.1) is 12.4 Å². The van der Waals surface area contributed by atoms with Gasteiger partial charge in [0, 0.05) is 19.2 Å². The van der Waals surface area contributed by atoms with E-state index in [2.05, 4.69) is 4.90 Å². The summed E-state index contributed by atoms with van der Waals surface area (Å²) in [7, 11) is -3.63. The van der Waals surface area contributed by atoms with Crippen LogP contribution >= 0.6 is 12.4 Å². The molecule has 0 aromatic carbocycles. The Morgan fingerprint density at radius 2 is 1.82 bits per heavy atom. The first kappa shape index (κ1) is 23.2. The molecule has 160 valence electrons. The highest BCUT2D eigenvalue weighted by molar-refractivity contribution is 7.88. The van der Waals surface area contributed by atoms with E-state index in [1.807, 2.05) is 19.9 Å². The summed E-state index contributed by atoms with van der Waals surface area (Å²) in [5.41, 5.74) is 0. The highest BCUT2D eigenvalue weighted by atomic mass is 35.5. The van der Waals surface area contributed by atoms with E-state index in [-0.39, 0.29) is 36.2 Å². The Morgan fingerprint density at radius 1 is 1.18 bits per heavy atom. The van der Waals surface area contributed by atoms with Crippen molar-refractivity contribution in [1.29, 1.82) is 0 Å². The molecule has 28 heavy (non-hydrogen) atoms. The Hall–Kier alpha value is -1.12. The normalized spacial score (nSPS) is 28.9. The largest absolute Gasteiger partial charge is 0.333 e. The first-order valence-electron chi connectivity index (χ1n) is 9.94. The van der Waals surface area contributed by atoms with Gasteiger partial charge in [-0.2, -0.15) is 0 Å². The fraction of sp³-hybridized carbons (Fsp3) is 0.789. The standard InChI is InChI=1S/C19H31N3O4S.ClH/c1-14(2)17-18-15(22(19(17)24)27(3,25)26)9-13-21(18)16(23)8-7-12-20-10-5-4-6-11-20;/h7-8,14-15,17-18H,4-6,9-13H2,1-3H3;1H/t15-,17+,18-;/m1./s1. The molecule has 0 radical (unpaired) electrons. The lowest BCUT2D eigenvalue weighted by molar-refractivity contribution is -0.131. The van der Waals surface area contributed by atoms with E-state index >= 15 is 0 Å². The SMILES string of the molecule is CC(C)[C@@H]1C(=O)N(S(C)(=O)=O)[C@@H]2CCN(C(=O)C=CCN3CCCCC3)[C@H]21.Cl. The zero-order valence-electron chi connectivity index (χ0n) is 16.9. The van der Waals surface area contributed by atoms with Crippen molar-refractivity contribution in [2.45, 2.75) is 51.6 Å². The van der Waals surface area contributed by atoms with Crippen molar-refractivity contribution in [3.8, 4) is 0 Å². The van der Waals surface area contributed by atoms with Gasteiger partial charge in [0.25, 0.3) is 0 Å². The molecule has 3 heterocycles. The molecule has 3 saturated heterocycles. The van der Waals surface area contributed by atoms with Crippen LogP contribution in [0.2, 0.25) is 0 Å². The highest BCUT2D eigenvalue weighted by Crippen LogP contribution is 2.41. The minimum atomic E-state index is -3.63. The highest BCUT2D eigenvalue weighted by Gasteiger charge is 2.58. The van der Waals surface area contributed by atoms with Crippen LogP contribution in [0.25, 0.3) is 0 Å². The molecule has 0 aromatic heterocycles. The van der Waals surface area contributed by atoms with Crippen LogP contribution in [0.15, 0.2) is 12.2 Å². The Balaban J connectivity index is 0.00000280. The van der Waals surface area contributed by atoms with Crippen LogP contribution in [0.3, 0.4) is 0 Å². The number of likely N-dealkylation sites (tertiary alicyclic amines) is 2. The average Bonchev–Trinajstić information content (AvgIpc) is 3.11. The van der Waals surface area contributed by atoms with Crippen LogP contribution in [0, 0.1) is 11.8 Å². The average molecular weight is 434 g/mol. The molecule has 0 N–H and O–H groups in total. The van der Waals surface area contributed by atoms with Gasteiger partial charge in [0.2, 0.25) is 21.8 Å². The maximum absolute atomic E-state index is 12.8. The smallest absolute Gasteiger partial charge is 0.246 e. The lowest BCUT2D eigenvalue weighted by Gasteiger charge is -2.28. The van der Waals surface area contributed by atoms with E-state index < -0.39 is 22.0 Å². The number of halogens is 1. The Kier molecular flexibility index (Phi) is 7.56. The van der Waals surface area contributed by atoms with Crippen LogP contribution in [-0.4, -0.2) is 78.9 Å². The maximum Gasteiger partial charge on any atom is 0.246 e. The van der Waals surface area contributed by atoms with Crippen LogP contribution in [0.4, 0.5) is 0 Å². The van der Waals surface area contributed by atoms with Gasteiger partial charge in [-0.05, 0) is 38.3 Å². The van der Waals surface area contributed by atoms with Gasteiger partial charge in [-0.25, -0.2) is 12.7 Å². The van der Waals surface area contributed by atoms with E-state index in [0.29, 0.717) is 13.0 Å². The summed E-state index contributed by atoms with van der Waals surface area (Å²) in [4.78, 5) is 29.6. The number of fused-ring (bicyclic) bond motifs is 1. The van der Waals surface area contributed by atoms with Gasteiger partial charge in [-0.1, -0.05) is 26.3 Å². The number of nitrogens with zero attached hydrogens (tertiary/aromatic N) is 3. The molecule has 3 aliphatic rings. The van der Waals surface area contributed by atoms with E-state index in [0.717, 1.165) is 30.2 Å². The van der Waals surface area contributed by atoms with Crippen molar-refractivity contribution >= 4 is 34.2 Å². The molecule has 0 aliphatic carbocycles. The molecule has 9 heteroatoms. The number of carbonyl (C=O) groups excluding carboxylic acids is 2. The Bertz CT molecular complexity index is 719. The van der Waals surface area contributed by atoms with E-state index in [9.17, 15) is 18.0 Å². The van der Waals surface area contributed by atoms with Crippen LogP contribution in [0.1, 0.15) is 39.5 Å². The molecular weight excluding hydrogens is 402 g/mol. The maximum atomic E-state index is 12.8. The minimum Gasteiger partial charge on any atom is -0.333 e. The first-order valence-corrected chi connectivity index (χ1v) is 11.8. The molecule has 7 nitrogen and oxygen atoms in total. The van der Waals surface area contributed by atoms with Crippen molar-refractivity contribution in [3.63, 3.8) is 0 Å². The van der Waals surface area contributed by atoms with E-state index in [1.54, 1.807) is 11.0 Å². The summed E-state index contributed by atoms with van der Waals surface area (Å²) in [5, 5.41) is 0. The topological polar surface area (TPSA) is 78.0 Å². The molecule has 3 atom stereocenters. The Morgan fingerprint density at radius 3 is 2.39 bits per heavy atom. The second-order valence-electron chi connectivity index (χ2n) is 8.31. The van der Waals surface area contributed by atoms with Crippen molar-refractivity contribution < 1.29 is 18.0 Å². The van der Waals surface area contributed by atoms with Crippen LogP contribution < -0.4 is 0 Å². The third kappa shape index (κ3) is 4.54. The quantitative estimate of drug-likeness (QED) is 0.614. The zero-order valence-corrected chi connectivity index (χ0v) is 18.5. The van der Waals surface area contributed by atoms with E-state index in [1.165, 1.54) is 19.3 Å². The number of rotatable bonds is 5. The van der Waals surface area contributed by atoms with Gasteiger partial charge in [-0.3, -0.25) is 14.5 Å². The number of sulfonamides is 1. The van der Waals surface area contributed by atoms with Crippen LogP contribution in [0.5, 0.6) is 0 Å². The third-order valence-corrected chi connectivity index (χ3v) is 7.19. The second-order valence-corrected chi connectivity index (χ2v) is 10.2. The van der Waals surface area contributed by atoms with Gasteiger partial charge in [0.1, 0.15) is 0 Å². The molecule has 0 saturated carbocycles. The zero-order chi connectivity index (χ0) is 19.8. The summed E-state index contributed by atoms with van der Waals surface area (Å²) in [6, 6.07) is -0.793. The molecule has 0 aromatic rings. The number of piperidine rings is 1. The molecule has 0 bridgehead atoms. The van der Waals surface area contributed by atoms with E-state index in [4.69, 9.17) is 0 Å². The summed E-state index contributed by atoms with van der Waals surface area (Å²) in [6.07, 6.45) is 8.77. The van der Waals surface area contributed by atoms with Gasteiger partial charge < -0.3 is 4.90 Å². The van der Waals surface area contributed by atoms with Crippen molar-refractivity contribution in [2.24, 2.45) is 11.8 Å². The fourth-order valence-corrected chi connectivity index (χ4v) is 6.00. The number of carbonyl (C=O) groups is 2. The van der Waals surface area contributed by atoms with Crippen molar-refractivity contribution in [3.05, 3.63) is 12.2 Å². The third-order valence-electron chi connectivity index (χ3n) is 6.02. The number of hydrogen-bond donors (Lipinski definition) is 0. The number of hydrogen-bond acceptors (Lipinski definition) is 5. The number of amides is 2. The van der Waals surface area contributed by atoms with Crippen LogP contribution in [-0.2, 0) is 19.6 Å². The predicted molar refractivity (Wildman–Crippen MR) is 111 cm³/mol. The second kappa shape index (κ2) is 9.13. The molecule has 3 aliphatic heterocycles. The summed E-state index contributed by atoms with van der Waals surface area (Å²) >= 11 is 0. The molecule has 2 amide bonds. The molecule has 3 fully saturated rings. The predicted octanol–water partition coefficient (Wildman–Crippen LogP) is 1.49. The summed E-state index contributed by atoms with van der Waals surface area (Å²) < 4.78 is 25.4. The molecule has 0 spiro atoms. The Labute approximate surface area is 174 Å². The summed E-state index contributed by atoms with van der Waals surface area (Å²) in [6.45, 7) is 7.22. The molecule has 3 rings (SSSR count). The minimum absolute atomic E-state index is 0. The van der Waals surface area contributed by atoms with Gasteiger partial charge in [0.05, 0.1) is 24.3 Å². The van der Waals surface area contributed by atoms with Gasteiger partial charge in [0.15, 0.2) is 0 Å². The van der Waals surface area contributed by atoms with Gasteiger partial charge >= 0.3 is 0 Å². The molecular formula is C19H32ClN3O4S. The lowest BCUT2D eigenvalue weighted by atomic mass is 9.88. The first-order chi connectivity index (χ1) is 12.7. The fourth-order valence-electron chi connectivity index (χ4n) is 4.83.